The Labute approximate surface area is 91.4 Å². The topological polar surface area (TPSA) is 67.2 Å². The van der Waals surface area contributed by atoms with E-state index < -0.39 is 0 Å². The van der Waals surface area contributed by atoms with E-state index in [1.165, 1.54) is 10.5 Å². The first-order valence-electron chi connectivity index (χ1n) is 5.26. The highest BCUT2D eigenvalue weighted by Crippen LogP contribution is 1.90. The van der Waals surface area contributed by atoms with Gasteiger partial charge in [0.15, 0.2) is 0 Å². The quantitative estimate of drug-likeness (QED) is 0.772. The molecule has 0 saturated heterocycles. The summed E-state index contributed by atoms with van der Waals surface area (Å²) in [7, 11) is 0. The van der Waals surface area contributed by atoms with E-state index in [1.54, 1.807) is 13.0 Å². The van der Waals surface area contributed by atoms with E-state index in [0.717, 1.165) is 12.8 Å². The molecule has 0 unspecified atom stereocenters. The molecule has 0 bridgehead atoms. The standard InChI is InChI=1S/C11H13N3O2/c1-3-4-5-8-10(16)13-11-12-7(2)6-9(15)14(8)11/h5-6H,3-4H2,1-2H3,(H,12,13,16)/b8-5+. The zero-order chi connectivity index (χ0) is 11.7. The Kier molecular flexibility index (Phi) is 2.60. The predicted octanol–water partition coefficient (Wildman–Crippen LogP) is -0.00928. The maximum Gasteiger partial charge on any atom is 0.274 e. The number of unbranched alkanes of at least 4 members (excludes halogenated alkanes) is 1. The van der Waals surface area contributed by atoms with Gasteiger partial charge in [0.05, 0.1) is 0 Å². The molecule has 2 aromatic rings. The number of nitrogens with one attached hydrogen (secondary N) is 1. The van der Waals surface area contributed by atoms with E-state index in [-0.39, 0.29) is 11.1 Å². The van der Waals surface area contributed by atoms with Crippen LogP contribution in [0.2, 0.25) is 0 Å². The van der Waals surface area contributed by atoms with E-state index >= 15 is 0 Å². The van der Waals surface area contributed by atoms with Crippen LogP contribution in [0, 0.1) is 6.92 Å². The molecule has 0 spiro atoms. The first-order chi connectivity index (χ1) is 7.63. The van der Waals surface area contributed by atoms with E-state index in [1.807, 2.05) is 6.92 Å². The van der Waals surface area contributed by atoms with E-state index in [0.29, 0.717) is 16.8 Å². The fourth-order valence-corrected chi connectivity index (χ4v) is 1.65. The normalized spacial score (nSPS) is 12.5. The maximum atomic E-state index is 11.7. The molecule has 0 amide bonds. The van der Waals surface area contributed by atoms with Gasteiger partial charge in [-0.15, -0.1) is 0 Å². The van der Waals surface area contributed by atoms with Crippen molar-refractivity contribution < 1.29 is 0 Å². The lowest BCUT2D eigenvalue weighted by molar-refractivity contribution is 0.962. The first kappa shape index (κ1) is 10.6. The van der Waals surface area contributed by atoms with Crippen molar-refractivity contribution in [2.45, 2.75) is 26.7 Å². The smallest absolute Gasteiger partial charge is 0.274 e. The molecule has 2 heterocycles. The minimum atomic E-state index is -0.261. The average Bonchev–Trinajstić information content (AvgIpc) is 2.51. The van der Waals surface area contributed by atoms with Crippen molar-refractivity contribution in [2.75, 3.05) is 0 Å². The highest BCUT2D eigenvalue weighted by atomic mass is 16.1. The van der Waals surface area contributed by atoms with Crippen molar-refractivity contribution in [1.29, 1.82) is 0 Å². The largest absolute Gasteiger partial charge is 0.290 e. The van der Waals surface area contributed by atoms with Gasteiger partial charge >= 0.3 is 0 Å². The molecule has 2 aromatic heterocycles. The fraction of sp³-hybridized carbons (Fsp3) is 0.364. The molecular weight excluding hydrogens is 206 g/mol. The Morgan fingerprint density at radius 1 is 1.50 bits per heavy atom. The summed E-state index contributed by atoms with van der Waals surface area (Å²) in [5.74, 6) is 0.317. The number of nitrogens with zero attached hydrogens (tertiary/aromatic N) is 2. The van der Waals surface area contributed by atoms with Crippen LogP contribution >= 0.6 is 0 Å². The van der Waals surface area contributed by atoms with Gasteiger partial charge in [-0.05, 0) is 13.3 Å². The molecule has 0 aliphatic heterocycles. The summed E-state index contributed by atoms with van der Waals surface area (Å²) < 4.78 is 1.32. The van der Waals surface area contributed by atoms with E-state index in [4.69, 9.17) is 0 Å². The summed E-state index contributed by atoms with van der Waals surface area (Å²) in [5.41, 5.74) is 0.125. The Morgan fingerprint density at radius 2 is 2.25 bits per heavy atom. The van der Waals surface area contributed by atoms with Crippen molar-refractivity contribution in [2.24, 2.45) is 0 Å². The number of aromatic amines is 1. The lowest BCUT2D eigenvalue weighted by atomic mass is 10.3. The molecule has 16 heavy (non-hydrogen) atoms. The molecule has 2 rings (SSSR count). The third-order valence-corrected chi connectivity index (χ3v) is 2.37. The molecule has 5 nitrogen and oxygen atoms in total. The molecule has 84 valence electrons. The van der Waals surface area contributed by atoms with Crippen LogP contribution < -0.4 is 16.5 Å². The Bertz CT molecular complexity index is 682. The second kappa shape index (κ2) is 3.92. The van der Waals surface area contributed by atoms with Gasteiger partial charge in [-0.1, -0.05) is 19.4 Å². The summed E-state index contributed by atoms with van der Waals surface area (Å²) in [6.07, 6.45) is 3.47. The zero-order valence-electron chi connectivity index (χ0n) is 9.28. The van der Waals surface area contributed by atoms with E-state index in [2.05, 4.69) is 9.97 Å². The van der Waals surface area contributed by atoms with Crippen LogP contribution in [0.1, 0.15) is 25.5 Å². The van der Waals surface area contributed by atoms with Gasteiger partial charge in [0.2, 0.25) is 5.78 Å². The van der Waals surface area contributed by atoms with Crippen molar-refractivity contribution in [3.05, 3.63) is 37.8 Å². The third-order valence-electron chi connectivity index (χ3n) is 2.37. The summed E-state index contributed by atoms with van der Waals surface area (Å²) >= 11 is 0. The van der Waals surface area contributed by atoms with Gasteiger partial charge in [-0.3, -0.25) is 14.6 Å². The van der Waals surface area contributed by atoms with Crippen LogP contribution in [0.4, 0.5) is 0 Å². The van der Waals surface area contributed by atoms with Crippen LogP contribution in [0.15, 0.2) is 15.7 Å². The minimum Gasteiger partial charge on any atom is -0.290 e. The first-order valence-corrected chi connectivity index (χ1v) is 5.26. The van der Waals surface area contributed by atoms with Gasteiger partial charge in [-0.25, -0.2) is 9.38 Å². The van der Waals surface area contributed by atoms with Crippen molar-refractivity contribution in [3.8, 4) is 0 Å². The molecule has 1 N–H and O–H groups in total. The molecule has 0 fully saturated rings. The predicted molar refractivity (Wildman–Crippen MR) is 61.4 cm³/mol. The van der Waals surface area contributed by atoms with Crippen LogP contribution in [0.25, 0.3) is 11.9 Å². The van der Waals surface area contributed by atoms with Gasteiger partial charge in [-0.2, -0.15) is 0 Å². The number of hydrogen-bond donors (Lipinski definition) is 1. The summed E-state index contributed by atoms with van der Waals surface area (Å²) in [4.78, 5) is 30.1. The van der Waals surface area contributed by atoms with Crippen LogP contribution in [0.3, 0.4) is 0 Å². The number of aromatic nitrogens is 3. The van der Waals surface area contributed by atoms with Crippen LogP contribution in [-0.4, -0.2) is 14.4 Å². The molecule has 0 aliphatic rings. The van der Waals surface area contributed by atoms with Crippen LogP contribution in [-0.2, 0) is 0 Å². The second-order valence-corrected chi connectivity index (χ2v) is 3.73. The summed E-state index contributed by atoms with van der Waals surface area (Å²) in [6.45, 7) is 3.74. The number of fused-ring (bicyclic) bond motifs is 1. The SMILES string of the molecule is CCC/C=c1\c(=O)[nH]c2nc(C)cc(=O)n12. The molecular formula is C11H13N3O2. The number of imidazole rings is 1. The second-order valence-electron chi connectivity index (χ2n) is 3.73. The third kappa shape index (κ3) is 1.64. The molecule has 0 saturated carbocycles. The maximum absolute atomic E-state index is 11.7. The zero-order valence-corrected chi connectivity index (χ0v) is 9.28. The van der Waals surface area contributed by atoms with Gasteiger partial charge in [0.1, 0.15) is 5.35 Å². The molecule has 0 atom stereocenters. The summed E-state index contributed by atoms with van der Waals surface area (Å²) in [6, 6.07) is 1.42. The van der Waals surface area contributed by atoms with Gasteiger partial charge in [0.25, 0.3) is 11.1 Å². The van der Waals surface area contributed by atoms with Crippen molar-refractivity contribution >= 4 is 11.9 Å². The Balaban J connectivity index is 2.90. The number of H-pyrrole nitrogens is 1. The highest BCUT2D eigenvalue weighted by molar-refractivity contribution is 5.33. The summed E-state index contributed by atoms with van der Waals surface area (Å²) in [5, 5.41) is 0.384. The monoisotopic (exact) mass is 219 g/mol. The van der Waals surface area contributed by atoms with Crippen LogP contribution in [0.5, 0.6) is 0 Å². The molecule has 5 heteroatoms. The lowest BCUT2D eigenvalue weighted by Crippen LogP contribution is -2.32. The number of rotatable bonds is 2. The highest BCUT2D eigenvalue weighted by Gasteiger charge is 2.05. The lowest BCUT2D eigenvalue weighted by Gasteiger charge is -1.93. The Morgan fingerprint density at radius 3 is 2.94 bits per heavy atom. The fourth-order valence-electron chi connectivity index (χ4n) is 1.65. The Hall–Kier alpha value is -1.91. The van der Waals surface area contributed by atoms with Crippen molar-refractivity contribution in [3.63, 3.8) is 0 Å². The van der Waals surface area contributed by atoms with E-state index in [9.17, 15) is 9.59 Å². The molecule has 0 aromatic carbocycles. The molecule has 0 aliphatic carbocycles. The average molecular weight is 219 g/mol. The van der Waals surface area contributed by atoms with Crippen molar-refractivity contribution in [1.82, 2.24) is 14.4 Å². The van der Waals surface area contributed by atoms with Gasteiger partial charge < -0.3 is 0 Å². The number of aryl methyl sites for hydroxylation is 1. The minimum absolute atomic E-state index is 0.219. The molecule has 0 radical (unpaired) electrons. The van der Waals surface area contributed by atoms with Gasteiger partial charge in [0, 0.05) is 11.8 Å². The number of hydrogen-bond acceptors (Lipinski definition) is 3.